The smallest absolute Gasteiger partial charge is 0.416 e. The number of methoxy groups -OCH3 is 1. The Balaban J connectivity index is 1.39. The quantitative estimate of drug-likeness (QED) is 0.350. The molecule has 0 unspecified atom stereocenters. The molecule has 0 atom stereocenters. The van der Waals surface area contributed by atoms with Crippen LogP contribution in [0.25, 0.3) is 0 Å². The summed E-state index contributed by atoms with van der Waals surface area (Å²) >= 11 is 0. The van der Waals surface area contributed by atoms with Gasteiger partial charge in [-0.1, -0.05) is 18.2 Å². The molecule has 11 heteroatoms. The third-order valence-electron chi connectivity index (χ3n) is 4.83. The van der Waals surface area contributed by atoms with E-state index >= 15 is 0 Å². The molecule has 194 valence electrons. The summed E-state index contributed by atoms with van der Waals surface area (Å²) in [5.41, 5.74) is -0.535. The number of hydrogen-bond acceptors (Lipinski definition) is 6. The van der Waals surface area contributed by atoms with E-state index in [9.17, 15) is 27.6 Å². The number of carbonyl (C=O) groups is 3. The summed E-state index contributed by atoms with van der Waals surface area (Å²) < 4.78 is 54.0. The molecule has 0 aromatic heterocycles. The van der Waals surface area contributed by atoms with Crippen molar-refractivity contribution in [2.45, 2.75) is 19.0 Å². The van der Waals surface area contributed by atoms with Gasteiger partial charge in [0.25, 0.3) is 5.91 Å². The fraction of sp³-hybridized carbons (Fsp3) is 0.192. The second-order valence-electron chi connectivity index (χ2n) is 7.61. The largest absolute Gasteiger partial charge is 0.493 e. The van der Waals surface area contributed by atoms with Crippen LogP contribution in [-0.4, -0.2) is 31.5 Å². The number of benzene rings is 3. The van der Waals surface area contributed by atoms with Crippen molar-refractivity contribution in [3.8, 4) is 17.2 Å². The fourth-order valence-electron chi connectivity index (χ4n) is 3.06. The van der Waals surface area contributed by atoms with E-state index in [0.717, 1.165) is 18.2 Å². The third kappa shape index (κ3) is 8.57. The predicted octanol–water partition coefficient (Wildman–Crippen LogP) is 5.41. The van der Waals surface area contributed by atoms with Gasteiger partial charge in [0, 0.05) is 17.8 Å². The fourth-order valence-corrected chi connectivity index (χ4v) is 3.06. The van der Waals surface area contributed by atoms with Gasteiger partial charge in [-0.25, -0.2) is 0 Å². The van der Waals surface area contributed by atoms with Gasteiger partial charge >= 0.3 is 12.1 Å². The lowest BCUT2D eigenvalue weighted by Gasteiger charge is -2.11. The van der Waals surface area contributed by atoms with Gasteiger partial charge < -0.3 is 24.8 Å². The maximum atomic E-state index is 12.7. The molecule has 0 saturated carbocycles. The third-order valence-corrected chi connectivity index (χ3v) is 4.83. The van der Waals surface area contributed by atoms with Gasteiger partial charge in [-0.15, -0.1) is 0 Å². The topological polar surface area (TPSA) is 103 Å². The van der Waals surface area contributed by atoms with Gasteiger partial charge in [0.05, 0.1) is 19.1 Å². The first-order valence-corrected chi connectivity index (χ1v) is 11.0. The molecule has 0 bridgehead atoms. The van der Waals surface area contributed by atoms with Crippen molar-refractivity contribution in [2.75, 3.05) is 24.4 Å². The molecular formula is C26H23F3N2O6. The first-order valence-electron chi connectivity index (χ1n) is 11.0. The lowest BCUT2D eigenvalue weighted by Crippen LogP contribution is -2.22. The van der Waals surface area contributed by atoms with Gasteiger partial charge in [-0.05, 0) is 54.6 Å². The van der Waals surface area contributed by atoms with Gasteiger partial charge in [0.1, 0.15) is 5.75 Å². The van der Waals surface area contributed by atoms with E-state index in [1.807, 2.05) is 6.07 Å². The van der Waals surface area contributed by atoms with Crippen LogP contribution in [0.3, 0.4) is 0 Å². The highest BCUT2D eigenvalue weighted by atomic mass is 19.4. The van der Waals surface area contributed by atoms with E-state index in [4.69, 9.17) is 14.2 Å². The molecule has 3 aromatic carbocycles. The number of para-hydroxylation sites is 2. The van der Waals surface area contributed by atoms with Crippen LogP contribution in [0.15, 0.2) is 72.8 Å². The van der Waals surface area contributed by atoms with E-state index < -0.39 is 36.1 Å². The molecule has 0 spiro atoms. The molecule has 2 amide bonds. The van der Waals surface area contributed by atoms with Crippen molar-refractivity contribution in [3.05, 3.63) is 78.4 Å². The van der Waals surface area contributed by atoms with E-state index in [0.29, 0.717) is 22.9 Å². The van der Waals surface area contributed by atoms with Crippen molar-refractivity contribution in [1.29, 1.82) is 0 Å². The Labute approximate surface area is 210 Å². The Kier molecular flexibility index (Phi) is 9.09. The molecule has 0 radical (unpaired) electrons. The highest BCUT2D eigenvalue weighted by Crippen LogP contribution is 2.32. The Morgan fingerprint density at radius 1 is 0.784 bits per heavy atom. The number of rotatable bonds is 10. The minimum atomic E-state index is -4.56. The summed E-state index contributed by atoms with van der Waals surface area (Å²) in [5, 5.41) is 4.85. The lowest BCUT2D eigenvalue weighted by molar-refractivity contribution is -0.147. The number of carbonyl (C=O) groups excluding carboxylic acids is 3. The normalized spacial score (nSPS) is 10.8. The van der Waals surface area contributed by atoms with Crippen LogP contribution >= 0.6 is 0 Å². The molecule has 2 N–H and O–H groups in total. The van der Waals surface area contributed by atoms with Crippen molar-refractivity contribution < 1.29 is 41.8 Å². The average molecular weight is 516 g/mol. The maximum Gasteiger partial charge on any atom is 0.416 e. The van der Waals surface area contributed by atoms with Crippen molar-refractivity contribution >= 4 is 29.2 Å². The zero-order valence-corrected chi connectivity index (χ0v) is 19.6. The molecule has 0 heterocycles. The van der Waals surface area contributed by atoms with Crippen LogP contribution in [0.4, 0.5) is 24.5 Å². The van der Waals surface area contributed by atoms with Gasteiger partial charge in [-0.3, -0.25) is 14.4 Å². The lowest BCUT2D eigenvalue weighted by atomic mass is 10.2. The average Bonchev–Trinajstić information content (AvgIpc) is 2.87. The molecule has 0 aliphatic carbocycles. The summed E-state index contributed by atoms with van der Waals surface area (Å²) in [6.07, 6.45) is -5.05. The molecular weight excluding hydrogens is 493 g/mol. The van der Waals surface area contributed by atoms with Crippen LogP contribution < -0.4 is 20.1 Å². The summed E-state index contributed by atoms with van der Waals surface area (Å²) in [7, 11) is 1.53. The van der Waals surface area contributed by atoms with Crippen LogP contribution in [0.1, 0.15) is 18.4 Å². The highest BCUT2D eigenvalue weighted by Gasteiger charge is 2.30. The van der Waals surface area contributed by atoms with Crippen molar-refractivity contribution in [3.63, 3.8) is 0 Å². The monoisotopic (exact) mass is 516 g/mol. The predicted molar refractivity (Wildman–Crippen MR) is 128 cm³/mol. The number of esters is 1. The van der Waals surface area contributed by atoms with Gasteiger partial charge in [-0.2, -0.15) is 13.2 Å². The van der Waals surface area contributed by atoms with Crippen LogP contribution in [-0.2, 0) is 25.3 Å². The first-order chi connectivity index (χ1) is 17.6. The number of hydrogen-bond donors (Lipinski definition) is 2. The van der Waals surface area contributed by atoms with Crippen LogP contribution in [0, 0.1) is 0 Å². The zero-order valence-electron chi connectivity index (χ0n) is 19.6. The molecule has 0 fully saturated rings. The van der Waals surface area contributed by atoms with E-state index in [2.05, 4.69) is 10.6 Å². The number of ether oxygens (including phenoxy) is 3. The molecule has 3 rings (SSSR count). The standard InChI is InChI=1S/C26H23F3N2O6/c1-35-21-7-2-3-8-22(21)37-20-11-9-18(10-12-20)30-23(32)13-14-25(34)36-16-24(33)31-19-6-4-5-17(15-19)26(27,28)29/h2-12,15H,13-14,16H2,1H3,(H,30,32)(H,31,33). The van der Waals surface area contributed by atoms with Gasteiger partial charge in [0.2, 0.25) is 5.91 Å². The molecule has 0 aliphatic rings. The maximum absolute atomic E-state index is 12.7. The highest BCUT2D eigenvalue weighted by molar-refractivity contribution is 5.94. The molecule has 0 saturated heterocycles. The molecule has 37 heavy (non-hydrogen) atoms. The Hall–Kier alpha value is -4.54. The van der Waals surface area contributed by atoms with E-state index in [1.165, 1.54) is 13.2 Å². The Morgan fingerprint density at radius 2 is 1.46 bits per heavy atom. The minimum absolute atomic E-state index is 0.0884. The summed E-state index contributed by atoms with van der Waals surface area (Å²) in [5.74, 6) is -0.454. The number of anilines is 2. The van der Waals surface area contributed by atoms with Crippen LogP contribution in [0.2, 0.25) is 0 Å². The minimum Gasteiger partial charge on any atom is -0.493 e. The van der Waals surface area contributed by atoms with E-state index in [-0.39, 0.29) is 18.5 Å². The zero-order chi connectivity index (χ0) is 26.8. The number of nitrogens with one attached hydrogen (secondary N) is 2. The molecule has 3 aromatic rings. The number of halogens is 3. The second kappa shape index (κ2) is 12.4. The summed E-state index contributed by atoms with van der Waals surface area (Å²) in [6.45, 7) is -0.704. The molecule has 8 nitrogen and oxygen atoms in total. The van der Waals surface area contributed by atoms with Gasteiger partial charge in [0.15, 0.2) is 18.1 Å². The van der Waals surface area contributed by atoms with Crippen molar-refractivity contribution in [2.24, 2.45) is 0 Å². The Morgan fingerprint density at radius 3 is 2.14 bits per heavy atom. The number of alkyl halides is 3. The van der Waals surface area contributed by atoms with E-state index in [1.54, 1.807) is 42.5 Å². The molecule has 0 aliphatic heterocycles. The van der Waals surface area contributed by atoms with Crippen LogP contribution in [0.5, 0.6) is 17.2 Å². The van der Waals surface area contributed by atoms with Crippen molar-refractivity contribution in [1.82, 2.24) is 0 Å². The summed E-state index contributed by atoms with van der Waals surface area (Å²) in [6, 6.07) is 17.7. The Bertz CT molecular complexity index is 1250. The summed E-state index contributed by atoms with van der Waals surface area (Å²) in [4.78, 5) is 35.9. The SMILES string of the molecule is COc1ccccc1Oc1ccc(NC(=O)CCC(=O)OCC(=O)Nc2cccc(C(F)(F)F)c2)cc1. The second-order valence-corrected chi connectivity index (χ2v) is 7.61. The number of amides is 2. The first kappa shape index (κ1) is 27.1.